The number of hydrogen-bond acceptors (Lipinski definition) is 6. The van der Waals surface area contributed by atoms with Crippen LogP contribution in [0.1, 0.15) is 83.5 Å². The second-order valence-electron chi connectivity index (χ2n) is 11.1. The molecule has 39 heavy (non-hydrogen) atoms. The van der Waals surface area contributed by atoms with Crippen molar-refractivity contribution in [1.82, 2.24) is 20.3 Å². The molecule has 0 unspecified atom stereocenters. The maximum Gasteiger partial charge on any atom is 0.268 e. The molecule has 0 radical (unpaired) electrons. The number of aryl methyl sites for hydroxylation is 2. The molecule has 5 rings (SSSR count). The van der Waals surface area contributed by atoms with Gasteiger partial charge >= 0.3 is 0 Å². The second-order valence-corrected chi connectivity index (χ2v) is 11.1. The van der Waals surface area contributed by atoms with Gasteiger partial charge in [0.2, 0.25) is 0 Å². The van der Waals surface area contributed by atoms with Crippen LogP contribution in [0.25, 0.3) is 10.9 Å². The second kappa shape index (κ2) is 11.8. The van der Waals surface area contributed by atoms with Crippen molar-refractivity contribution in [2.75, 3.05) is 7.11 Å². The van der Waals surface area contributed by atoms with Crippen LogP contribution in [0.5, 0.6) is 5.75 Å². The highest BCUT2D eigenvalue weighted by Gasteiger charge is 2.39. The number of ether oxygens (including phenoxy) is 1. The van der Waals surface area contributed by atoms with E-state index in [1.165, 1.54) is 13.5 Å². The third-order valence-corrected chi connectivity index (χ3v) is 8.41. The molecule has 2 aliphatic carbocycles. The van der Waals surface area contributed by atoms with Crippen molar-refractivity contribution in [2.24, 2.45) is 17.6 Å². The Labute approximate surface area is 227 Å². The van der Waals surface area contributed by atoms with Crippen LogP contribution in [0, 0.1) is 11.8 Å². The van der Waals surface area contributed by atoms with Gasteiger partial charge in [-0.3, -0.25) is 9.59 Å². The lowest BCUT2D eigenvalue weighted by Gasteiger charge is -2.32. The molecule has 0 aliphatic heterocycles. The van der Waals surface area contributed by atoms with Crippen molar-refractivity contribution in [3.8, 4) is 5.75 Å². The van der Waals surface area contributed by atoms with Crippen LogP contribution < -0.4 is 15.8 Å². The number of carbonyl (C=O) groups excluding carboxylic acids is 2. The summed E-state index contributed by atoms with van der Waals surface area (Å²) < 4.78 is 5.43. The predicted molar refractivity (Wildman–Crippen MR) is 147 cm³/mol. The first-order chi connectivity index (χ1) is 18.9. The van der Waals surface area contributed by atoms with Gasteiger partial charge in [0.15, 0.2) is 0 Å². The lowest BCUT2D eigenvalue weighted by molar-refractivity contribution is -0.0202. The lowest BCUT2D eigenvalue weighted by atomic mass is 9.82. The van der Waals surface area contributed by atoms with Gasteiger partial charge in [-0.1, -0.05) is 32.1 Å². The predicted octanol–water partition coefficient (Wildman–Crippen LogP) is 2.98. The first-order valence-electron chi connectivity index (χ1n) is 14.0. The molecule has 1 aromatic carbocycles. The van der Waals surface area contributed by atoms with Crippen LogP contribution >= 0.6 is 0 Å². The van der Waals surface area contributed by atoms with E-state index < -0.39 is 24.2 Å². The number of hydrogen-bond donors (Lipinski definition) is 6. The maximum absolute atomic E-state index is 13.9. The van der Waals surface area contributed by atoms with Crippen LogP contribution in [0.15, 0.2) is 24.7 Å². The summed E-state index contributed by atoms with van der Waals surface area (Å²) in [5, 5.41) is 25.6. The molecule has 0 saturated heterocycles. The van der Waals surface area contributed by atoms with Gasteiger partial charge in [0, 0.05) is 17.1 Å². The fourth-order valence-corrected chi connectivity index (χ4v) is 6.14. The zero-order valence-corrected chi connectivity index (χ0v) is 22.4. The minimum atomic E-state index is -1.05. The topological polar surface area (TPSA) is 166 Å². The Morgan fingerprint density at radius 1 is 1.15 bits per heavy atom. The average Bonchev–Trinajstić information content (AvgIpc) is 3.53. The van der Waals surface area contributed by atoms with Gasteiger partial charge < -0.3 is 36.0 Å². The molecule has 10 nitrogen and oxygen atoms in total. The van der Waals surface area contributed by atoms with Crippen LogP contribution in [-0.4, -0.2) is 62.3 Å². The number of nitrogens with one attached hydrogen (secondary N) is 3. The monoisotopic (exact) mass is 537 g/mol. The van der Waals surface area contributed by atoms with Crippen molar-refractivity contribution in [3.63, 3.8) is 0 Å². The van der Waals surface area contributed by atoms with Crippen LogP contribution in [0.4, 0.5) is 0 Å². The van der Waals surface area contributed by atoms with E-state index in [1.807, 2.05) is 0 Å². The number of primary amides is 1. The number of aliphatic hydroxyl groups excluding tert-OH is 2. The number of H-pyrrole nitrogens is 2. The first-order valence-corrected chi connectivity index (χ1v) is 14.0. The number of methoxy groups -OCH3 is 1. The first kappa shape index (κ1) is 27.2. The number of amides is 2. The molecule has 2 heterocycles. The summed E-state index contributed by atoms with van der Waals surface area (Å²) in [5.41, 5.74) is 8.34. The van der Waals surface area contributed by atoms with Gasteiger partial charge in [0.1, 0.15) is 17.5 Å². The van der Waals surface area contributed by atoms with E-state index in [9.17, 15) is 19.8 Å². The quantitative estimate of drug-likeness (QED) is 0.208. The van der Waals surface area contributed by atoms with Crippen molar-refractivity contribution < 1.29 is 24.5 Å². The molecule has 2 amide bonds. The minimum absolute atomic E-state index is 0.0776. The van der Waals surface area contributed by atoms with Crippen LogP contribution in [0.2, 0.25) is 0 Å². The maximum atomic E-state index is 13.9. The zero-order valence-electron chi connectivity index (χ0n) is 22.4. The largest absolute Gasteiger partial charge is 0.496 e. The summed E-state index contributed by atoms with van der Waals surface area (Å²) in [6.07, 6.45) is 10.4. The molecule has 3 atom stereocenters. The smallest absolute Gasteiger partial charge is 0.268 e. The Morgan fingerprint density at radius 3 is 2.56 bits per heavy atom. The Bertz CT molecular complexity index is 1290. The summed E-state index contributed by atoms with van der Waals surface area (Å²) >= 11 is 0. The molecule has 7 N–H and O–H groups in total. The Hall–Kier alpha value is -3.37. The van der Waals surface area contributed by atoms with Crippen molar-refractivity contribution in [2.45, 2.75) is 82.5 Å². The number of fused-ring (bicyclic) bond motifs is 1. The van der Waals surface area contributed by atoms with Gasteiger partial charge in [-0.05, 0) is 61.6 Å². The van der Waals surface area contributed by atoms with Gasteiger partial charge in [-0.25, -0.2) is 4.98 Å². The van der Waals surface area contributed by atoms with Crippen molar-refractivity contribution >= 4 is 22.7 Å². The van der Waals surface area contributed by atoms with E-state index in [0.29, 0.717) is 53.1 Å². The third kappa shape index (κ3) is 5.96. The van der Waals surface area contributed by atoms with E-state index in [2.05, 4.69) is 20.3 Å². The summed E-state index contributed by atoms with van der Waals surface area (Å²) in [7, 11) is 1.47. The SMILES string of the molecule is COc1ccc2[nH]c(C(=O)N[C@@H](CC3CCCCC3)[C@@H](O)[C@@H](O)C3CC3)c(CCc3c[nH]cn3)c2c1C(N)=O. The van der Waals surface area contributed by atoms with E-state index in [0.717, 1.165) is 44.2 Å². The minimum Gasteiger partial charge on any atom is -0.496 e. The van der Waals surface area contributed by atoms with Gasteiger partial charge in [0.05, 0.1) is 36.8 Å². The summed E-state index contributed by atoms with van der Waals surface area (Å²) in [6, 6.07) is 2.83. The zero-order chi connectivity index (χ0) is 27.5. The van der Waals surface area contributed by atoms with Crippen molar-refractivity contribution in [1.29, 1.82) is 0 Å². The van der Waals surface area contributed by atoms with E-state index in [1.54, 1.807) is 24.7 Å². The standard InChI is InChI=1S/C29H39N5O5/c1-39-22-12-11-20-23(24(22)28(30)37)19(10-9-18-14-31-15-32-18)25(33-20)29(38)34-21(13-16-5-3-2-4-6-16)27(36)26(35)17-7-8-17/h11-12,14-17,21,26-27,33,35-36H,2-10,13H2,1H3,(H2,30,37)(H,31,32)(H,34,38)/t21-,26-,27+/m0/s1. The molecule has 2 fully saturated rings. The molecular formula is C29H39N5O5. The molecule has 210 valence electrons. The Kier molecular flexibility index (Phi) is 8.23. The summed E-state index contributed by atoms with van der Waals surface area (Å²) in [4.78, 5) is 36.9. The molecule has 0 spiro atoms. The molecular weight excluding hydrogens is 498 g/mol. The third-order valence-electron chi connectivity index (χ3n) is 8.41. The number of imidazole rings is 1. The molecule has 10 heteroatoms. The van der Waals surface area contributed by atoms with E-state index in [-0.39, 0.29) is 17.4 Å². The number of benzene rings is 1. The number of aromatic amines is 2. The van der Waals surface area contributed by atoms with E-state index >= 15 is 0 Å². The number of nitrogens with zero attached hydrogens (tertiary/aromatic N) is 1. The highest BCUT2D eigenvalue weighted by molar-refractivity contribution is 6.12. The highest BCUT2D eigenvalue weighted by Crippen LogP contribution is 2.37. The highest BCUT2D eigenvalue weighted by atomic mass is 16.5. The number of aromatic nitrogens is 3. The fourth-order valence-electron chi connectivity index (χ4n) is 6.14. The van der Waals surface area contributed by atoms with Gasteiger partial charge in [0.25, 0.3) is 11.8 Å². The molecule has 2 aliphatic rings. The summed E-state index contributed by atoms with van der Waals surface area (Å²) in [6.45, 7) is 0. The van der Waals surface area contributed by atoms with E-state index in [4.69, 9.17) is 10.5 Å². The lowest BCUT2D eigenvalue weighted by Crippen LogP contribution is -2.50. The van der Waals surface area contributed by atoms with Gasteiger partial charge in [-0.15, -0.1) is 0 Å². The average molecular weight is 538 g/mol. The Balaban J connectivity index is 1.49. The molecule has 2 aromatic heterocycles. The molecule has 2 saturated carbocycles. The number of carbonyl (C=O) groups is 2. The normalized spacial score (nSPS) is 18.5. The van der Waals surface area contributed by atoms with Gasteiger partial charge in [-0.2, -0.15) is 0 Å². The van der Waals surface area contributed by atoms with Crippen LogP contribution in [-0.2, 0) is 12.8 Å². The Morgan fingerprint density at radius 2 is 1.92 bits per heavy atom. The number of nitrogens with two attached hydrogens (primary N) is 1. The molecule has 3 aromatic rings. The van der Waals surface area contributed by atoms with Crippen molar-refractivity contribution in [3.05, 3.63) is 47.2 Å². The van der Waals surface area contributed by atoms with Crippen LogP contribution in [0.3, 0.4) is 0 Å². The number of aliphatic hydroxyl groups is 2. The number of rotatable bonds is 12. The molecule has 0 bridgehead atoms. The fraction of sp³-hybridized carbons (Fsp3) is 0.552. The summed E-state index contributed by atoms with van der Waals surface area (Å²) in [5.74, 6) is -0.241.